The van der Waals surface area contributed by atoms with E-state index in [0.717, 1.165) is 0 Å². The van der Waals surface area contributed by atoms with E-state index in [-0.39, 0.29) is 23.1 Å². The Hall–Kier alpha value is -3.23. The number of carboxylic acids is 1. The summed E-state index contributed by atoms with van der Waals surface area (Å²) in [5, 5.41) is 19.9. The summed E-state index contributed by atoms with van der Waals surface area (Å²) in [5.41, 5.74) is 4.46. The van der Waals surface area contributed by atoms with Gasteiger partial charge in [0.05, 0.1) is 16.8 Å². The zero-order valence-electron chi connectivity index (χ0n) is 12.9. The topological polar surface area (TPSA) is 139 Å². The van der Waals surface area contributed by atoms with Gasteiger partial charge in [0.15, 0.2) is 0 Å². The van der Waals surface area contributed by atoms with Gasteiger partial charge in [-0.15, -0.1) is 0 Å². The molecule has 130 valence electrons. The number of aliphatic carboxylic acids is 1. The van der Waals surface area contributed by atoms with Gasteiger partial charge in [-0.05, 0) is 30.4 Å². The van der Waals surface area contributed by atoms with Gasteiger partial charge < -0.3 is 5.11 Å². The maximum Gasteiger partial charge on any atom is 0.307 e. The van der Waals surface area contributed by atoms with Crippen LogP contribution in [-0.2, 0) is 9.59 Å². The lowest BCUT2D eigenvalue weighted by Crippen LogP contribution is -2.48. The Bertz CT molecular complexity index is 773. The summed E-state index contributed by atoms with van der Waals surface area (Å²) >= 11 is 0. The summed E-state index contributed by atoms with van der Waals surface area (Å²) in [6.45, 7) is 0. The summed E-state index contributed by atoms with van der Waals surface area (Å²) in [7, 11) is 0. The summed E-state index contributed by atoms with van der Waals surface area (Å²) < 4.78 is 0. The molecule has 0 aromatic heterocycles. The van der Waals surface area contributed by atoms with Gasteiger partial charge in [0.2, 0.25) is 5.91 Å². The average molecular weight is 345 g/mol. The van der Waals surface area contributed by atoms with Crippen molar-refractivity contribution in [3.8, 4) is 0 Å². The van der Waals surface area contributed by atoms with Gasteiger partial charge in [0, 0.05) is 17.7 Å². The first-order chi connectivity index (χ1) is 11.9. The number of carbonyl (C=O) groups is 3. The van der Waals surface area contributed by atoms with Gasteiger partial charge in [-0.25, -0.2) is 0 Å². The minimum Gasteiger partial charge on any atom is -0.481 e. The number of nitrogens with one attached hydrogen (secondary N) is 2. The minimum absolute atomic E-state index is 0.133. The molecule has 0 radical (unpaired) electrons. The predicted molar refractivity (Wildman–Crippen MR) is 84.1 cm³/mol. The zero-order chi connectivity index (χ0) is 18.1. The van der Waals surface area contributed by atoms with E-state index < -0.39 is 34.5 Å². The van der Waals surface area contributed by atoms with E-state index in [9.17, 15) is 29.6 Å². The molecule has 9 nitrogen and oxygen atoms in total. The Morgan fingerprint density at radius 2 is 1.64 bits per heavy atom. The van der Waals surface area contributed by atoms with E-state index in [1.165, 1.54) is 24.3 Å². The molecule has 2 aliphatic rings. The van der Waals surface area contributed by atoms with E-state index in [2.05, 4.69) is 10.9 Å². The highest BCUT2D eigenvalue weighted by molar-refractivity contribution is 5.96. The molecular weight excluding hydrogens is 330 g/mol. The van der Waals surface area contributed by atoms with Crippen LogP contribution >= 0.6 is 0 Å². The maximum atomic E-state index is 12.3. The van der Waals surface area contributed by atoms with Crippen LogP contribution in [0.5, 0.6) is 0 Å². The molecule has 3 N–H and O–H groups in total. The van der Waals surface area contributed by atoms with E-state index >= 15 is 0 Å². The number of non-ortho nitro benzene ring substituents is 1. The molecule has 1 aromatic rings. The Morgan fingerprint density at radius 1 is 1.04 bits per heavy atom. The predicted octanol–water partition coefficient (Wildman–Crippen LogP) is 0.879. The number of carboxylic acid groups (broad SMARTS) is 1. The molecule has 1 saturated carbocycles. The van der Waals surface area contributed by atoms with Crippen LogP contribution < -0.4 is 10.9 Å². The first-order valence-corrected chi connectivity index (χ1v) is 7.64. The fraction of sp³-hybridized carbons (Fsp3) is 0.312. The number of nitro groups is 1. The van der Waals surface area contributed by atoms with Crippen LogP contribution in [0.2, 0.25) is 0 Å². The van der Waals surface area contributed by atoms with Crippen molar-refractivity contribution in [2.75, 3.05) is 0 Å². The molecule has 2 aliphatic carbocycles. The van der Waals surface area contributed by atoms with Crippen molar-refractivity contribution in [1.82, 2.24) is 10.9 Å². The lowest BCUT2D eigenvalue weighted by atomic mass is 9.82. The molecule has 0 heterocycles. The number of allylic oxidation sites excluding steroid dienone is 2. The molecule has 4 atom stereocenters. The highest BCUT2D eigenvalue weighted by Gasteiger charge is 2.51. The van der Waals surface area contributed by atoms with Crippen LogP contribution in [0.3, 0.4) is 0 Å². The third-order valence-corrected chi connectivity index (χ3v) is 4.69. The summed E-state index contributed by atoms with van der Waals surface area (Å²) in [6.07, 6.45) is 4.28. The number of fused-ring (bicyclic) bond motifs is 2. The molecule has 0 spiro atoms. The second-order valence-corrected chi connectivity index (χ2v) is 6.09. The van der Waals surface area contributed by atoms with Gasteiger partial charge in [0.1, 0.15) is 0 Å². The van der Waals surface area contributed by atoms with Crippen LogP contribution in [0.1, 0.15) is 16.8 Å². The number of amides is 2. The van der Waals surface area contributed by atoms with Crippen molar-refractivity contribution in [3.05, 3.63) is 52.1 Å². The van der Waals surface area contributed by atoms with Crippen molar-refractivity contribution in [2.45, 2.75) is 6.42 Å². The molecule has 0 saturated heterocycles. The summed E-state index contributed by atoms with van der Waals surface area (Å²) in [6, 6.07) is 4.88. The number of hydrogen-bond acceptors (Lipinski definition) is 5. The van der Waals surface area contributed by atoms with Crippen molar-refractivity contribution in [3.63, 3.8) is 0 Å². The Labute approximate surface area is 141 Å². The van der Waals surface area contributed by atoms with Crippen molar-refractivity contribution in [1.29, 1.82) is 0 Å². The van der Waals surface area contributed by atoms with Crippen molar-refractivity contribution < 1.29 is 24.4 Å². The molecule has 3 rings (SSSR count). The number of hydrogen-bond donors (Lipinski definition) is 3. The van der Waals surface area contributed by atoms with Crippen LogP contribution in [-0.4, -0.2) is 27.8 Å². The van der Waals surface area contributed by atoms with E-state index in [1.54, 1.807) is 0 Å². The minimum atomic E-state index is -1.03. The Balaban J connectivity index is 1.62. The van der Waals surface area contributed by atoms with Crippen LogP contribution in [0.15, 0.2) is 36.4 Å². The molecule has 0 unspecified atom stereocenters. The van der Waals surface area contributed by atoms with Gasteiger partial charge >= 0.3 is 5.97 Å². The smallest absolute Gasteiger partial charge is 0.307 e. The number of carbonyl (C=O) groups excluding carboxylic acids is 2. The van der Waals surface area contributed by atoms with Crippen LogP contribution in [0.4, 0.5) is 5.69 Å². The third kappa shape index (κ3) is 3.08. The fourth-order valence-corrected chi connectivity index (χ4v) is 3.52. The number of rotatable bonds is 4. The number of nitro benzene ring substituents is 1. The standard InChI is InChI=1S/C16H15N3O6/c20-14(8-3-5-11(6-4-8)19(24)25)17-18-15(21)12-9-1-2-10(7-9)13(12)16(22)23/h1-6,9-10,12-13H,7H2,(H,17,20)(H,18,21)(H,22,23)/t9-,10-,12+,13-/m0/s1. The number of hydrazine groups is 1. The fourth-order valence-electron chi connectivity index (χ4n) is 3.52. The second kappa shape index (κ2) is 6.34. The van der Waals surface area contributed by atoms with Gasteiger partial charge in [-0.3, -0.25) is 35.3 Å². The maximum absolute atomic E-state index is 12.3. The molecule has 9 heteroatoms. The van der Waals surface area contributed by atoms with Gasteiger partial charge in [0.25, 0.3) is 11.6 Å². The van der Waals surface area contributed by atoms with E-state index in [4.69, 9.17) is 0 Å². The highest BCUT2D eigenvalue weighted by atomic mass is 16.6. The largest absolute Gasteiger partial charge is 0.481 e. The number of nitrogens with zero attached hydrogens (tertiary/aromatic N) is 1. The summed E-state index contributed by atoms with van der Waals surface area (Å²) in [5.74, 6) is -4.08. The SMILES string of the molecule is O=C(NNC(=O)[C@H]1[C@@H](C(=O)O)[C@H]2C=C[C@H]1C2)c1ccc([N+](=O)[O-])cc1. The molecule has 2 amide bonds. The lowest BCUT2D eigenvalue weighted by Gasteiger charge is -2.23. The molecule has 1 fully saturated rings. The molecule has 1 aromatic carbocycles. The first-order valence-electron chi connectivity index (χ1n) is 7.64. The number of benzene rings is 1. The summed E-state index contributed by atoms with van der Waals surface area (Å²) in [4.78, 5) is 45.7. The molecular formula is C16H15N3O6. The van der Waals surface area contributed by atoms with Crippen molar-refractivity contribution >= 4 is 23.5 Å². The monoisotopic (exact) mass is 345 g/mol. The quantitative estimate of drug-likeness (QED) is 0.420. The Morgan fingerprint density at radius 3 is 2.20 bits per heavy atom. The van der Waals surface area contributed by atoms with Crippen LogP contribution in [0.25, 0.3) is 0 Å². The normalized spacial score (nSPS) is 26.2. The molecule has 2 bridgehead atoms. The Kier molecular flexibility index (Phi) is 4.22. The zero-order valence-corrected chi connectivity index (χ0v) is 12.9. The second-order valence-electron chi connectivity index (χ2n) is 6.09. The first kappa shape index (κ1) is 16.6. The lowest BCUT2D eigenvalue weighted by molar-refractivity contribution is -0.384. The third-order valence-electron chi connectivity index (χ3n) is 4.69. The van der Waals surface area contributed by atoms with Crippen molar-refractivity contribution in [2.24, 2.45) is 23.7 Å². The van der Waals surface area contributed by atoms with E-state index in [0.29, 0.717) is 6.42 Å². The average Bonchev–Trinajstić information content (AvgIpc) is 3.20. The van der Waals surface area contributed by atoms with Gasteiger partial charge in [-0.1, -0.05) is 12.2 Å². The van der Waals surface area contributed by atoms with E-state index in [1.807, 2.05) is 12.2 Å². The highest BCUT2D eigenvalue weighted by Crippen LogP contribution is 2.48. The van der Waals surface area contributed by atoms with Gasteiger partial charge in [-0.2, -0.15) is 0 Å². The molecule has 25 heavy (non-hydrogen) atoms. The van der Waals surface area contributed by atoms with Crippen LogP contribution in [0, 0.1) is 33.8 Å². The molecule has 0 aliphatic heterocycles.